The third-order valence-electron chi connectivity index (χ3n) is 3.71. The largest absolute Gasteiger partial charge is 0.398 e. The van der Waals surface area contributed by atoms with Crippen LogP contribution in [0, 0.1) is 6.57 Å². The molecular weight excluding hydrogens is 304 g/mol. The van der Waals surface area contributed by atoms with E-state index in [1.807, 2.05) is 12.1 Å². The quantitative estimate of drug-likeness (QED) is 0.232. The Kier molecular flexibility index (Phi) is 7.76. The Labute approximate surface area is 141 Å². The number of benzene rings is 1. The van der Waals surface area contributed by atoms with Crippen LogP contribution in [0.25, 0.3) is 4.85 Å². The van der Waals surface area contributed by atoms with Crippen molar-refractivity contribution in [2.75, 3.05) is 25.7 Å². The van der Waals surface area contributed by atoms with Gasteiger partial charge in [0.15, 0.2) is 5.69 Å². The fourth-order valence-corrected chi connectivity index (χ4v) is 2.96. The van der Waals surface area contributed by atoms with Crippen molar-refractivity contribution in [2.45, 2.75) is 51.9 Å². The van der Waals surface area contributed by atoms with Gasteiger partial charge < -0.3 is 15.2 Å². The highest BCUT2D eigenvalue weighted by Gasteiger charge is 2.12. The van der Waals surface area contributed by atoms with Crippen LogP contribution in [0.3, 0.4) is 0 Å². The fraction of sp³-hybridized carbons (Fsp3) is 0.611. The lowest BCUT2D eigenvalue weighted by molar-refractivity contribution is -0.0483. The van der Waals surface area contributed by atoms with Gasteiger partial charge in [0.1, 0.15) is 6.79 Å². The van der Waals surface area contributed by atoms with Crippen molar-refractivity contribution in [3.63, 3.8) is 0 Å². The highest BCUT2D eigenvalue weighted by Crippen LogP contribution is 2.30. The Hall–Kier alpha value is -1.35. The molecule has 0 atom stereocenters. The topological polar surface area (TPSA) is 48.8 Å². The molecule has 0 heterocycles. The lowest BCUT2D eigenvalue weighted by Crippen LogP contribution is -2.22. The normalized spacial score (nSPS) is 11.7. The highest BCUT2D eigenvalue weighted by molar-refractivity contribution is 6.76. The molecule has 0 unspecified atom stereocenters. The van der Waals surface area contributed by atoms with Crippen LogP contribution in [0.15, 0.2) is 12.1 Å². The van der Waals surface area contributed by atoms with Crippen molar-refractivity contribution >= 4 is 19.4 Å². The van der Waals surface area contributed by atoms with Crippen LogP contribution >= 0.6 is 0 Å². The van der Waals surface area contributed by atoms with Gasteiger partial charge in [-0.25, -0.2) is 4.85 Å². The summed E-state index contributed by atoms with van der Waals surface area (Å²) < 4.78 is 11.1. The second-order valence-corrected chi connectivity index (χ2v) is 13.0. The van der Waals surface area contributed by atoms with Gasteiger partial charge in [-0.1, -0.05) is 45.6 Å². The molecule has 23 heavy (non-hydrogen) atoms. The number of anilines is 1. The van der Waals surface area contributed by atoms with E-state index in [4.69, 9.17) is 21.8 Å². The molecule has 0 aromatic heterocycles. The van der Waals surface area contributed by atoms with E-state index in [-0.39, 0.29) is 0 Å². The average Bonchev–Trinajstić information content (AvgIpc) is 2.46. The summed E-state index contributed by atoms with van der Waals surface area (Å²) in [4.78, 5) is 3.54. The summed E-state index contributed by atoms with van der Waals surface area (Å²) in [5, 5.41) is 0. The van der Waals surface area contributed by atoms with Gasteiger partial charge >= 0.3 is 0 Å². The van der Waals surface area contributed by atoms with Crippen LogP contribution < -0.4 is 5.73 Å². The van der Waals surface area contributed by atoms with E-state index in [0.29, 0.717) is 31.4 Å². The zero-order valence-corrected chi connectivity index (χ0v) is 16.1. The molecule has 5 heteroatoms. The summed E-state index contributed by atoms with van der Waals surface area (Å²) in [6.45, 7) is 20.0. The lowest BCUT2D eigenvalue weighted by atomic mass is 9.96. The molecule has 0 bridgehead atoms. The van der Waals surface area contributed by atoms with Crippen LogP contribution in [0.1, 0.15) is 30.9 Å². The van der Waals surface area contributed by atoms with Gasteiger partial charge in [-0.05, 0) is 29.5 Å². The van der Waals surface area contributed by atoms with Crippen LogP contribution in [0.5, 0.6) is 0 Å². The Bertz CT molecular complexity index is 545. The predicted molar refractivity (Wildman–Crippen MR) is 99.8 cm³/mol. The Morgan fingerprint density at radius 3 is 2.39 bits per heavy atom. The van der Waals surface area contributed by atoms with E-state index in [1.54, 1.807) is 0 Å². The molecule has 4 nitrogen and oxygen atoms in total. The average molecular weight is 335 g/mol. The molecule has 0 aliphatic heterocycles. The van der Waals surface area contributed by atoms with Crippen LogP contribution in [-0.2, 0) is 15.9 Å². The number of nitrogen functional groups attached to an aromatic ring is 1. The van der Waals surface area contributed by atoms with Crippen LogP contribution in [0.4, 0.5) is 11.4 Å². The summed E-state index contributed by atoms with van der Waals surface area (Å²) >= 11 is 0. The first kappa shape index (κ1) is 19.7. The maximum absolute atomic E-state index is 7.22. The number of rotatable bonds is 9. The minimum atomic E-state index is -1.04. The molecule has 0 saturated carbocycles. The Morgan fingerprint density at radius 2 is 1.83 bits per heavy atom. The van der Waals surface area contributed by atoms with Gasteiger partial charge in [0.2, 0.25) is 0 Å². The van der Waals surface area contributed by atoms with Crippen molar-refractivity contribution in [2.24, 2.45) is 0 Å². The van der Waals surface area contributed by atoms with Gasteiger partial charge in [-0.2, -0.15) is 0 Å². The van der Waals surface area contributed by atoms with E-state index in [0.717, 1.165) is 29.5 Å². The number of nitrogens with zero attached hydrogens (tertiary/aromatic N) is 1. The first-order valence-electron chi connectivity index (χ1n) is 8.20. The third-order valence-corrected chi connectivity index (χ3v) is 5.42. The van der Waals surface area contributed by atoms with Crippen molar-refractivity contribution in [1.82, 2.24) is 0 Å². The lowest BCUT2D eigenvalue weighted by Gasteiger charge is -2.16. The molecule has 0 amide bonds. The van der Waals surface area contributed by atoms with Crippen molar-refractivity contribution < 1.29 is 9.47 Å². The predicted octanol–water partition coefficient (Wildman–Crippen LogP) is 4.81. The molecule has 0 fully saturated rings. The standard InChI is InChI=1S/C18H30N2O2Si/c1-14(2)17-12-16(20-3)11-15(18(17)19)7-8-21-13-22-9-10-23(4,5)6/h11-12,14H,7-10,13,19H2,1-2,4-6H3. The van der Waals surface area contributed by atoms with Crippen LogP contribution in [0.2, 0.25) is 25.7 Å². The first-order chi connectivity index (χ1) is 10.7. The van der Waals surface area contributed by atoms with Gasteiger partial charge in [0.25, 0.3) is 0 Å². The zero-order chi connectivity index (χ0) is 17.5. The molecule has 0 saturated heterocycles. The Morgan fingerprint density at radius 1 is 1.17 bits per heavy atom. The van der Waals surface area contributed by atoms with E-state index in [1.165, 1.54) is 0 Å². The number of hydrogen-bond donors (Lipinski definition) is 1. The first-order valence-corrected chi connectivity index (χ1v) is 11.9. The molecule has 0 radical (unpaired) electrons. The number of hydrogen-bond acceptors (Lipinski definition) is 3. The van der Waals surface area contributed by atoms with Gasteiger partial charge in [-0.3, -0.25) is 0 Å². The molecule has 1 rings (SSSR count). The van der Waals surface area contributed by atoms with Crippen molar-refractivity contribution in [3.8, 4) is 0 Å². The van der Waals surface area contributed by atoms with E-state index in [9.17, 15) is 0 Å². The van der Waals surface area contributed by atoms with Gasteiger partial charge in [-0.15, -0.1) is 0 Å². The molecule has 0 spiro atoms. The minimum Gasteiger partial charge on any atom is -0.398 e. The number of nitrogens with two attached hydrogens (primary N) is 1. The summed E-state index contributed by atoms with van der Waals surface area (Å²) in [5.74, 6) is 0.307. The van der Waals surface area contributed by atoms with E-state index in [2.05, 4.69) is 38.3 Å². The fourth-order valence-electron chi connectivity index (χ4n) is 2.21. The molecule has 1 aromatic rings. The highest BCUT2D eigenvalue weighted by atomic mass is 28.3. The maximum Gasteiger partial charge on any atom is 0.187 e. The summed E-state index contributed by atoms with van der Waals surface area (Å²) in [6.07, 6.45) is 0.701. The Balaban J connectivity index is 2.46. The monoisotopic (exact) mass is 334 g/mol. The van der Waals surface area contributed by atoms with Gasteiger partial charge in [0.05, 0.1) is 13.2 Å². The molecule has 0 aliphatic rings. The number of ether oxygens (including phenoxy) is 2. The van der Waals surface area contributed by atoms with Gasteiger partial charge in [0, 0.05) is 20.4 Å². The van der Waals surface area contributed by atoms with Crippen molar-refractivity contribution in [3.05, 3.63) is 34.7 Å². The second-order valence-electron chi connectivity index (χ2n) is 7.37. The molecule has 2 N–H and O–H groups in total. The molecule has 128 valence electrons. The smallest absolute Gasteiger partial charge is 0.187 e. The minimum absolute atomic E-state index is 0.307. The molecule has 1 aromatic carbocycles. The van der Waals surface area contributed by atoms with Crippen molar-refractivity contribution in [1.29, 1.82) is 0 Å². The molecular formula is C18H30N2O2Si. The van der Waals surface area contributed by atoms with E-state index < -0.39 is 8.07 Å². The summed E-state index contributed by atoms with van der Waals surface area (Å²) in [5.41, 5.74) is 9.70. The second kappa shape index (κ2) is 9.07. The summed E-state index contributed by atoms with van der Waals surface area (Å²) in [7, 11) is -1.04. The van der Waals surface area contributed by atoms with E-state index >= 15 is 0 Å². The maximum atomic E-state index is 7.22. The van der Waals surface area contributed by atoms with Crippen LogP contribution in [-0.4, -0.2) is 28.1 Å². The third kappa shape index (κ3) is 7.17. The SMILES string of the molecule is [C-]#[N+]c1cc(CCOCOCC[Si](C)(C)C)c(N)c(C(C)C)c1. The summed E-state index contributed by atoms with van der Waals surface area (Å²) in [6, 6.07) is 4.90. The molecule has 0 aliphatic carbocycles. The zero-order valence-electron chi connectivity index (χ0n) is 15.1.